The molecule has 0 bridgehead atoms. The number of likely N-dealkylation sites (tertiary alicyclic amines) is 1. The molecule has 0 N–H and O–H groups in total. The number of nitrogens with zero attached hydrogens (tertiary/aromatic N) is 3. The number of rotatable bonds is 5. The molecule has 0 radical (unpaired) electrons. The quantitative estimate of drug-likeness (QED) is 0.805. The Hall–Kier alpha value is -1.91. The summed E-state index contributed by atoms with van der Waals surface area (Å²) < 4.78 is 0. The summed E-state index contributed by atoms with van der Waals surface area (Å²) in [7, 11) is 3.62. The van der Waals surface area contributed by atoms with Crippen molar-refractivity contribution in [3.8, 4) is 0 Å². The molecule has 0 aliphatic carbocycles. The van der Waals surface area contributed by atoms with Gasteiger partial charge in [-0.25, -0.2) is 0 Å². The summed E-state index contributed by atoms with van der Waals surface area (Å²) in [6.45, 7) is 2.38. The van der Waals surface area contributed by atoms with E-state index in [2.05, 4.69) is 23.1 Å². The lowest BCUT2D eigenvalue weighted by molar-refractivity contribution is -0.130. The highest BCUT2D eigenvalue weighted by molar-refractivity contribution is 6.30. The fraction of sp³-hybridized carbons (Fsp3) is 0.429. The Morgan fingerprint density at radius 1 is 1.23 bits per heavy atom. The minimum Gasteiger partial charge on any atom is -0.348 e. The summed E-state index contributed by atoms with van der Waals surface area (Å²) in [5, 5.41) is 0.755. The van der Waals surface area contributed by atoms with Gasteiger partial charge in [-0.2, -0.15) is 0 Å². The number of aromatic nitrogens is 1. The van der Waals surface area contributed by atoms with Gasteiger partial charge in [0.1, 0.15) is 0 Å². The third-order valence-corrected chi connectivity index (χ3v) is 5.16. The molecule has 1 amide bonds. The zero-order valence-corrected chi connectivity index (χ0v) is 16.2. The lowest BCUT2D eigenvalue weighted by atomic mass is 9.94. The zero-order valence-electron chi connectivity index (χ0n) is 15.5. The van der Waals surface area contributed by atoms with E-state index >= 15 is 0 Å². The number of carbonyl (C=O) groups is 1. The van der Waals surface area contributed by atoms with Gasteiger partial charge >= 0.3 is 0 Å². The average Bonchev–Trinajstić information content (AvgIpc) is 2.64. The molecule has 1 aliphatic heterocycles. The van der Waals surface area contributed by atoms with Gasteiger partial charge in [-0.05, 0) is 49.2 Å². The number of hydrogen-bond acceptors (Lipinski definition) is 3. The van der Waals surface area contributed by atoms with Crippen LogP contribution in [0.3, 0.4) is 0 Å². The molecule has 3 rings (SSSR count). The monoisotopic (exact) mass is 371 g/mol. The Bertz CT molecular complexity index is 745. The van der Waals surface area contributed by atoms with Crippen LogP contribution in [0, 0.1) is 0 Å². The molecule has 1 fully saturated rings. The van der Waals surface area contributed by atoms with E-state index < -0.39 is 0 Å². The van der Waals surface area contributed by atoms with Gasteiger partial charge in [0.2, 0.25) is 5.91 Å². The SMILES string of the molecule is CN(C)C(=O)CN1CCC[C@@H](c2cccc(Cc3ccc(Cl)cc3)n2)C1. The van der Waals surface area contributed by atoms with Crippen LogP contribution in [0.5, 0.6) is 0 Å². The minimum atomic E-state index is 0.162. The molecule has 4 nitrogen and oxygen atoms in total. The maximum absolute atomic E-state index is 12.0. The Morgan fingerprint density at radius 2 is 2.00 bits per heavy atom. The number of likely N-dealkylation sites (N-methyl/N-ethyl adjacent to an activating group) is 1. The molecule has 0 spiro atoms. The Labute approximate surface area is 160 Å². The van der Waals surface area contributed by atoms with Crippen LogP contribution in [0.25, 0.3) is 0 Å². The van der Waals surface area contributed by atoms with Gasteiger partial charge < -0.3 is 4.90 Å². The average molecular weight is 372 g/mol. The standard InChI is InChI=1S/C21H26ClN3O/c1-24(2)21(26)15-25-12-4-5-17(14-25)20-7-3-6-19(23-20)13-16-8-10-18(22)11-9-16/h3,6-11,17H,4-5,12-15H2,1-2H3/t17-/m1/s1. The van der Waals surface area contributed by atoms with Crippen LogP contribution in [0.2, 0.25) is 5.02 Å². The van der Waals surface area contributed by atoms with Gasteiger partial charge in [-0.3, -0.25) is 14.7 Å². The Balaban J connectivity index is 1.67. The third-order valence-electron chi connectivity index (χ3n) is 4.91. The van der Waals surface area contributed by atoms with Gasteiger partial charge in [0.15, 0.2) is 0 Å². The highest BCUT2D eigenvalue weighted by atomic mass is 35.5. The topological polar surface area (TPSA) is 36.4 Å². The van der Waals surface area contributed by atoms with Crippen LogP contribution in [0.1, 0.15) is 35.7 Å². The van der Waals surface area contributed by atoms with Gasteiger partial charge in [0.25, 0.3) is 0 Å². The number of carbonyl (C=O) groups excluding carboxylic acids is 1. The molecule has 1 atom stereocenters. The normalized spacial score (nSPS) is 17.9. The maximum Gasteiger partial charge on any atom is 0.236 e. The molecule has 0 unspecified atom stereocenters. The van der Waals surface area contributed by atoms with Crippen molar-refractivity contribution in [2.75, 3.05) is 33.7 Å². The van der Waals surface area contributed by atoms with E-state index in [0.717, 1.165) is 48.8 Å². The molecule has 1 saturated heterocycles. The van der Waals surface area contributed by atoms with E-state index in [9.17, 15) is 4.79 Å². The van der Waals surface area contributed by atoms with Crippen LogP contribution in [-0.2, 0) is 11.2 Å². The fourth-order valence-corrected chi connectivity index (χ4v) is 3.53. The van der Waals surface area contributed by atoms with Crippen molar-refractivity contribution in [1.82, 2.24) is 14.8 Å². The Kier molecular flexibility index (Phi) is 6.28. The lowest BCUT2D eigenvalue weighted by Crippen LogP contribution is -2.41. The lowest BCUT2D eigenvalue weighted by Gasteiger charge is -2.32. The second-order valence-electron chi connectivity index (χ2n) is 7.22. The largest absolute Gasteiger partial charge is 0.348 e. The molecule has 1 aliphatic rings. The second kappa shape index (κ2) is 8.65. The van der Waals surface area contributed by atoms with Crippen LogP contribution in [-0.4, -0.2) is 54.4 Å². The number of hydrogen-bond donors (Lipinski definition) is 0. The molecule has 2 aromatic rings. The van der Waals surface area contributed by atoms with E-state index in [4.69, 9.17) is 16.6 Å². The zero-order chi connectivity index (χ0) is 18.5. The molecule has 26 heavy (non-hydrogen) atoms. The summed E-state index contributed by atoms with van der Waals surface area (Å²) in [5.41, 5.74) is 3.42. The smallest absolute Gasteiger partial charge is 0.236 e. The summed E-state index contributed by atoms with van der Waals surface area (Å²) >= 11 is 5.96. The van der Waals surface area contributed by atoms with Crippen molar-refractivity contribution < 1.29 is 4.79 Å². The first-order valence-electron chi connectivity index (χ1n) is 9.14. The van der Waals surface area contributed by atoms with Crippen molar-refractivity contribution in [2.24, 2.45) is 0 Å². The molecular weight excluding hydrogens is 346 g/mol. The summed E-state index contributed by atoms with van der Waals surface area (Å²) in [6, 6.07) is 14.2. The Morgan fingerprint density at radius 3 is 2.73 bits per heavy atom. The van der Waals surface area contributed by atoms with Crippen LogP contribution in [0.15, 0.2) is 42.5 Å². The summed E-state index contributed by atoms with van der Waals surface area (Å²) in [5.74, 6) is 0.555. The molecule has 2 heterocycles. The molecule has 138 valence electrons. The summed E-state index contributed by atoms with van der Waals surface area (Å²) in [6.07, 6.45) is 3.04. The van der Waals surface area contributed by atoms with Gasteiger partial charge in [0, 0.05) is 49.4 Å². The van der Waals surface area contributed by atoms with Crippen molar-refractivity contribution in [3.05, 3.63) is 64.4 Å². The van der Waals surface area contributed by atoms with E-state index in [-0.39, 0.29) is 5.91 Å². The van der Waals surface area contributed by atoms with Crippen LogP contribution in [0.4, 0.5) is 0 Å². The predicted octanol–water partition coefficient (Wildman–Crippen LogP) is 3.59. The first-order valence-corrected chi connectivity index (χ1v) is 9.52. The third kappa shape index (κ3) is 5.05. The van der Waals surface area contributed by atoms with Crippen molar-refractivity contribution in [1.29, 1.82) is 0 Å². The minimum absolute atomic E-state index is 0.162. The highest BCUT2D eigenvalue weighted by Gasteiger charge is 2.24. The first kappa shape index (κ1) is 18.9. The molecule has 5 heteroatoms. The molecule has 0 saturated carbocycles. The number of piperidine rings is 1. The fourth-order valence-electron chi connectivity index (χ4n) is 3.41. The second-order valence-corrected chi connectivity index (χ2v) is 7.66. The maximum atomic E-state index is 12.0. The molecular formula is C21H26ClN3O. The van der Waals surface area contributed by atoms with E-state index in [1.165, 1.54) is 5.56 Å². The molecule has 1 aromatic carbocycles. The number of amides is 1. The van der Waals surface area contributed by atoms with E-state index in [1.54, 1.807) is 4.90 Å². The van der Waals surface area contributed by atoms with Crippen LogP contribution >= 0.6 is 11.6 Å². The molecule has 1 aromatic heterocycles. The number of benzene rings is 1. The van der Waals surface area contributed by atoms with E-state index in [1.807, 2.05) is 38.4 Å². The summed E-state index contributed by atoms with van der Waals surface area (Å²) in [4.78, 5) is 20.8. The van der Waals surface area contributed by atoms with Crippen molar-refractivity contribution in [3.63, 3.8) is 0 Å². The van der Waals surface area contributed by atoms with Crippen LogP contribution < -0.4 is 0 Å². The van der Waals surface area contributed by atoms with Crippen molar-refractivity contribution in [2.45, 2.75) is 25.2 Å². The van der Waals surface area contributed by atoms with Gasteiger partial charge in [0.05, 0.1) is 6.54 Å². The van der Waals surface area contributed by atoms with Crippen molar-refractivity contribution >= 4 is 17.5 Å². The highest BCUT2D eigenvalue weighted by Crippen LogP contribution is 2.26. The van der Waals surface area contributed by atoms with E-state index in [0.29, 0.717) is 12.5 Å². The number of halogens is 1. The van der Waals surface area contributed by atoms with Gasteiger partial charge in [-0.15, -0.1) is 0 Å². The van der Waals surface area contributed by atoms with Gasteiger partial charge in [-0.1, -0.05) is 29.8 Å². The number of pyridine rings is 1. The first-order chi connectivity index (χ1) is 12.5. The predicted molar refractivity (Wildman–Crippen MR) is 106 cm³/mol.